The van der Waals surface area contributed by atoms with Gasteiger partial charge in [0.2, 0.25) is 0 Å². The van der Waals surface area contributed by atoms with Crippen LogP contribution >= 0.6 is 11.6 Å². The van der Waals surface area contributed by atoms with Crippen molar-refractivity contribution in [1.29, 1.82) is 0 Å². The predicted molar refractivity (Wildman–Crippen MR) is 59.9 cm³/mol. The lowest BCUT2D eigenvalue weighted by molar-refractivity contribution is 0.213. The third-order valence-corrected chi connectivity index (χ3v) is 2.75. The van der Waals surface area contributed by atoms with Crippen molar-refractivity contribution in [2.45, 2.75) is 12.5 Å². The predicted octanol–water partition coefficient (Wildman–Crippen LogP) is 2.09. The molecule has 15 heavy (non-hydrogen) atoms. The number of nitrogens with one attached hydrogen (secondary N) is 1. The summed E-state index contributed by atoms with van der Waals surface area (Å²) in [5, 5.41) is 3.84. The van der Waals surface area contributed by atoms with Crippen LogP contribution < -0.4 is 14.8 Å². The fraction of sp³-hybridized carbons (Fsp3) is 0.455. The summed E-state index contributed by atoms with van der Waals surface area (Å²) in [7, 11) is 1.62. The molecule has 1 aliphatic heterocycles. The van der Waals surface area contributed by atoms with Crippen molar-refractivity contribution >= 4 is 11.6 Å². The maximum absolute atomic E-state index is 6.06. The summed E-state index contributed by atoms with van der Waals surface area (Å²) in [6.07, 6.45) is 1.20. The van der Waals surface area contributed by atoms with Crippen molar-refractivity contribution in [1.82, 2.24) is 5.32 Å². The van der Waals surface area contributed by atoms with Crippen LogP contribution in [-0.2, 0) is 0 Å². The molecule has 0 radical (unpaired) electrons. The highest BCUT2D eigenvalue weighted by Crippen LogP contribution is 2.35. The Balaban J connectivity index is 2.17. The maximum atomic E-state index is 6.06. The van der Waals surface area contributed by atoms with Crippen molar-refractivity contribution in [3.05, 3.63) is 23.2 Å². The number of ether oxygens (including phenoxy) is 2. The zero-order valence-corrected chi connectivity index (χ0v) is 9.38. The number of para-hydroxylation sites is 1. The molecular weight excluding hydrogens is 214 g/mol. The van der Waals surface area contributed by atoms with E-state index in [0.717, 1.165) is 19.5 Å². The van der Waals surface area contributed by atoms with Gasteiger partial charge < -0.3 is 14.8 Å². The first-order chi connectivity index (χ1) is 7.31. The van der Waals surface area contributed by atoms with Crippen LogP contribution in [0.4, 0.5) is 0 Å². The lowest BCUT2D eigenvalue weighted by Crippen LogP contribution is -2.20. The van der Waals surface area contributed by atoms with Gasteiger partial charge in [-0.3, -0.25) is 0 Å². The van der Waals surface area contributed by atoms with Crippen molar-refractivity contribution in [3.63, 3.8) is 0 Å². The van der Waals surface area contributed by atoms with Gasteiger partial charge in [-0.2, -0.15) is 0 Å². The fourth-order valence-electron chi connectivity index (χ4n) is 1.66. The van der Waals surface area contributed by atoms with Gasteiger partial charge in [-0.15, -0.1) is 0 Å². The minimum absolute atomic E-state index is 0.193. The summed E-state index contributed by atoms with van der Waals surface area (Å²) < 4.78 is 11.0. The van der Waals surface area contributed by atoms with Crippen LogP contribution in [0.3, 0.4) is 0 Å². The Morgan fingerprint density at radius 2 is 2.33 bits per heavy atom. The van der Waals surface area contributed by atoms with Gasteiger partial charge in [-0.25, -0.2) is 0 Å². The Morgan fingerprint density at radius 1 is 1.47 bits per heavy atom. The van der Waals surface area contributed by atoms with Crippen molar-refractivity contribution in [3.8, 4) is 11.5 Å². The Hall–Kier alpha value is -0.930. The molecule has 0 aliphatic carbocycles. The van der Waals surface area contributed by atoms with Gasteiger partial charge in [0.1, 0.15) is 6.10 Å². The summed E-state index contributed by atoms with van der Waals surface area (Å²) in [6, 6.07) is 5.51. The van der Waals surface area contributed by atoms with E-state index >= 15 is 0 Å². The van der Waals surface area contributed by atoms with Crippen molar-refractivity contribution < 1.29 is 9.47 Å². The average Bonchev–Trinajstić information content (AvgIpc) is 2.74. The zero-order chi connectivity index (χ0) is 10.7. The number of benzene rings is 1. The minimum Gasteiger partial charge on any atom is -0.493 e. The van der Waals surface area contributed by atoms with E-state index in [1.165, 1.54) is 0 Å². The Kier molecular flexibility index (Phi) is 3.34. The summed E-state index contributed by atoms with van der Waals surface area (Å²) >= 11 is 6.06. The molecule has 2 rings (SSSR count). The zero-order valence-electron chi connectivity index (χ0n) is 8.63. The standard InChI is InChI=1S/C11H14ClNO2/c1-14-10-4-2-3-9(12)11(10)15-8-5-6-13-7-8/h2-4,8,13H,5-7H2,1H3. The van der Waals surface area contributed by atoms with E-state index in [-0.39, 0.29) is 6.10 Å². The number of methoxy groups -OCH3 is 1. The largest absolute Gasteiger partial charge is 0.493 e. The lowest BCUT2D eigenvalue weighted by atomic mass is 10.3. The van der Waals surface area contributed by atoms with Crippen LogP contribution in [0.25, 0.3) is 0 Å². The first-order valence-corrected chi connectivity index (χ1v) is 5.39. The molecule has 1 N–H and O–H groups in total. The van der Waals surface area contributed by atoms with Gasteiger partial charge in [-0.05, 0) is 25.1 Å². The molecule has 1 aromatic carbocycles. The number of halogens is 1. The Morgan fingerprint density at radius 3 is 3.00 bits per heavy atom. The van der Waals surface area contributed by atoms with Crippen LogP contribution in [0.1, 0.15) is 6.42 Å². The number of hydrogen-bond acceptors (Lipinski definition) is 3. The summed E-state index contributed by atoms with van der Waals surface area (Å²) in [4.78, 5) is 0. The molecule has 0 amide bonds. The first-order valence-electron chi connectivity index (χ1n) is 5.01. The van der Waals surface area contributed by atoms with Crippen LogP contribution in [0.15, 0.2) is 18.2 Å². The second-order valence-electron chi connectivity index (χ2n) is 3.50. The average molecular weight is 228 g/mol. The topological polar surface area (TPSA) is 30.5 Å². The molecule has 82 valence electrons. The molecule has 0 aromatic heterocycles. The highest BCUT2D eigenvalue weighted by atomic mass is 35.5. The number of hydrogen-bond donors (Lipinski definition) is 1. The molecule has 1 aromatic rings. The van der Waals surface area contributed by atoms with Gasteiger partial charge in [0.05, 0.1) is 12.1 Å². The van der Waals surface area contributed by atoms with Crippen LogP contribution in [0.2, 0.25) is 5.02 Å². The third kappa shape index (κ3) is 2.36. The second kappa shape index (κ2) is 4.73. The van der Waals surface area contributed by atoms with Crippen molar-refractivity contribution in [2.75, 3.05) is 20.2 Å². The molecule has 1 saturated heterocycles. The van der Waals surface area contributed by atoms with Gasteiger partial charge in [0.15, 0.2) is 11.5 Å². The smallest absolute Gasteiger partial charge is 0.180 e. The van der Waals surface area contributed by atoms with E-state index in [9.17, 15) is 0 Å². The molecule has 4 heteroatoms. The second-order valence-corrected chi connectivity index (χ2v) is 3.91. The van der Waals surface area contributed by atoms with Gasteiger partial charge in [-0.1, -0.05) is 17.7 Å². The molecule has 1 unspecified atom stereocenters. The molecule has 1 atom stereocenters. The van der Waals surface area contributed by atoms with E-state index in [1.54, 1.807) is 7.11 Å². The van der Waals surface area contributed by atoms with Crippen LogP contribution in [0, 0.1) is 0 Å². The molecule has 1 heterocycles. The van der Waals surface area contributed by atoms with E-state index in [1.807, 2.05) is 18.2 Å². The first kappa shape index (κ1) is 10.6. The molecule has 3 nitrogen and oxygen atoms in total. The van der Waals surface area contributed by atoms with Crippen molar-refractivity contribution in [2.24, 2.45) is 0 Å². The minimum atomic E-state index is 0.193. The van der Waals surface area contributed by atoms with Crippen LogP contribution in [0.5, 0.6) is 11.5 Å². The van der Waals surface area contributed by atoms with E-state index in [4.69, 9.17) is 21.1 Å². The fourth-order valence-corrected chi connectivity index (χ4v) is 1.87. The Bertz CT molecular complexity index is 337. The Labute approximate surface area is 94.3 Å². The summed E-state index contributed by atoms with van der Waals surface area (Å²) in [5.41, 5.74) is 0. The summed E-state index contributed by atoms with van der Waals surface area (Å²) in [6.45, 7) is 1.87. The van der Waals surface area contributed by atoms with Gasteiger partial charge in [0.25, 0.3) is 0 Å². The number of rotatable bonds is 3. The molecule has 0 saturated carbocycles. The molecule has 0 bridgehead atoms. The normalized spacial score (nSPS) is 20.3. The molecular formula is C11H14ClNO2. The maximum Gasteiger partial charge on any atom is 0.180 e. The monoisotopic (exact) mass is 227 g/mol. The highest BCUT2D eigenvalue weighted by molar-refractivity contribution is 6.32. The molecule has 1 aliphatic rings. The van der Waals surface area contributed by atoms with Crippen LogP contribution in [-0.4, -0.2) is 26.3 Å². The summed E-state index contributed by atoms with van der Waals surface area (Å²) in [5.74, 6) is 1.34. The lowest BCUT2D eigenvalue weighted by Gasteiger charge is -2.16. The van der Waals surface area contributed by atoms with E-state index in [0.29, 0.717) is 16.5 Å². The van der Waals surface area contributed by atoms with E-state index < -0.39 is 0 Å². The van der Waals surface area contributed by atoms with E-state index in [2.05, 4.69) is 5.32 Å². The third-order valence-electron chi connectivity index (χ3n) is 2.45. The SMILES string of the molecule is COc1cccc(Cl)c1OC1CCNC1. The molecule has 1 fully saturated rings. The van der Waals surface area contributed by atoms with Gasteiger partial charge in [0, 0.05) is 6.54 Å². The van der Waals surface area contributed by atoms with Gasteiger partial charge >= 0.3 is 0 Å². The molecule has 0 spiro atoms. The quantitative estimate of drug-likeness (QED) is 0.858. The highest BCUT2D eigenvalue weighted by Gasteiger charge is 2.19.